The molecular weight excluding hydrogens is 376 g/mol. The zero-order valence-electron chi connectivity index (χ0n) is 17.5. The van der Waals surface area contributed by atoms with Gasteiger partial charge in [-0.15, -0.1) is 0 Å². The van der Waals surface area contributed by atoms with Crippen LogP contribution in [0.3, 0.4) is 0 Å². The number of fused-ring (bicyclic) bond motifs is 1. The highest BCUT2D eigenvalue weighted by Gasteiger charge is 2.24. The Morgan fingerprint density at radius 1 is 1.00 bits per heavy atom. The van der Waals surface area contributed by atoms with Gasteiger partial charge in [0.25, 0.3) is 0 Å². The zero-order chi connectivity index (χ0) is 20.3. The van der Waals surface area contributed by atoms with Crippen molar-refractivity contribution in [2.24, 2.45) is 0 Å². The van der Waals surface area contributed by atoms with Gasteiger partial charge in [-0.25, -0.2) is 9.97 Å². The molecule has 3 aromatic rings. The highest BCUT2D eigenvalue weighted by atomic mass is 16.5. The molecule has 0 spiro atoms. The van der Waals surface area contributed by atoms with Gasteiger partial charge >= 0.3 is 0 Å². The molecule has 6 heteroatoms. The van der Waals surface area contributed by atoms with Gasteiger partial charge in [0.2, 0.25) is 0 Å². The second kappa shape index (κ2) is 8.48. The second-order valence-electron chi connectivity index (χ2n) is 8.06. The SMILES string of the molecule is COc1cccc(C2CCCN(c3ncnc4cc(N5CCOCC5)ccc34)C2)c1. The van der Waals surface area contributed by atoms with Crippen LogP contribution in [0, 0.1) is 0 Å². The molecule has 6 nitrogen and oxygen atoms in total. The summed E-state index contributed by atoms with van der Waals surface area (Å²) in [6.07, 6.45) is 4.04. The predicted octanol–water partition coefficient (Wildman–Crippen LogP) is 3.86. The molecule has 0 aliphatic carbocycles. The fourth-order valence-electron chi connectivity index (χ4n) is 4.64. The van der Waals surface area contributed by atoms with Gasteiger partial charge in [0.15, 0.2) is 0 Å². The Balaban J connectivity index is 1.42. The minimum atomic E-state index is 0.478. The topological polar surface area (TPSA) is 50.7 Å². The maximum atomic E-state index is 5.49. The highest BCUT2D eigenvalue weighted by Crippen LogP contribution is 2.34. The van der Waals surface area contributed by atoms with Crippen LogP contribution in [0.4, 0.5) is 11.5 Å². The monoisotopic (exact) mass is 404 g/mol. The Bertz CT molecular complexity index is 1020. The summed E-state index contributed by atoms with van der Waals surface area (Å²) >= 11 is 0. The third-order valence-electron chi connectivity index (χ3n) is 6.26. The molecule has 5 rings (SSSR count). The van der Waals surface area contributed by atoms with Gasteiger partial charge in [-0.3, -0.25) is 0 Å². The van der Waals surface area contributed by atoms with Crippen LogP contribution in [-0.4, -0.2) is 56.5 Å². The van der Waals surface area contributed by atoms with Gasteiger partial charge in [-0.05, 0) is 48.7 Å². The van der Waals surface area contributed by atoms with Gasteiger partial charge < -0.3 is 19.3 Å². The largest absolute Gasteiger partial charge is 0.497 e. The van der Waals surface area contributed by atoms with Gasteiger partial charge in [0.05, 0.1) is 25.8 Å². The van der Waals surface area contributed by atoms with Crippen LogP contribution in [0.5, 0.6) is 5.75 Å². The summed E-state index contributed by atoms with van der Waals surface area (Å²) in [4.78, 5) is 14.1. The predicted molar refractivity (Wildman–Crippen MR) is 120 cm³/mol. The zero-order valence-corrected chi connectivity index (χ0v) is 17.5. The van der Waals surface area contributed by atoms with Crippen LogP contribution < -0.4 is 14.5 Å². The van der Waals surface area contributed by atoms with Crippen molar-refractivity contribution in [3.8, 4) is 5.75 Å². The van der Waals surface area contributed by atoms with Crippen molar-refractivity contribution in [1.29, 1.82) is 0 Å². The van der Waals surface area contributed by atoms with Crippen LogP contribution in [0.15, 0.2) is 48.8 Å². The van der Waals surface area contributed by atoms with E-state index in [9.17, 15) is 0 Å². The summed E-state index contributed by atoms with van der Waals surface area (Å²) in [6.45, 7) is 5.41. The number of piperidine rings is 1. The summed E-state index contributed by atoms with van der Waals surface area (Å²) in [6, 6.07) is 15.0. The van der Waals surface area contributed by atoms with Crippen LogP contribution >= 0.6 is 0 Å². The van der Waals surface area contributed by atoms with Crippen molar-refractivity contribution in [3.63, 3.8) is 0 Å². The fourth-order valence-corrected chi connectivity index (χ4v) is 4.64. The molecule has 0 bridgehead atoms. The number of rotatable bonds is 4. The molecule has 2 aliphatic rings. The Kier molecular flexibility index (Phi) is 5.41. The third kappa shape index (κ3) is 3.79. The Morgan fingerprint density at radius 2 is 1.90 bits per heavy atom. The van der Waals surface area contributed by atoms with E-state index in [1.807, 2.05) is 6.07 Å². The Morgan fingerprint density at radius 3 is 2.77 bits per heavy atom. The number of morpholine rings is 1. The van der Waals surface area contributed by atoms with E-state index in [0.29, 0.717) is 5.92 Å². The van der Waals surface area contributed by atoms with E-state index in [1.165, 1.54) is 17.7 Å². The van der Waals surface area contributed by atoms with E-state index in [0.717, 1.165) is 68.3 Å². The maximum absolute atomic E-state index is 5.49. The number of anilines is 2. The van der Waals surface area contributed by atoms with Crippen molar-refractivity contribution in [1.82, 2.24) is 9.97 Å². The number of hydrogen-bond acceptors (Lipinski definition) is 6. The van der Waals surface area contributed by atoms with Crippen LogP contribution in [-0.2, 0) is 4.74 Å². The molecule has 1 atom stereocenters. The first-order chi connectivity index (χ1) is 14.8. The van der Waals surface area contributed by atoms with E-state index in [2.05, 4.69) is 51.2 Å². The number of aromatic nitrogens is 2. The molecule has 30 heavy (non-hydrogen) atoms. The summed E-state index contributed by atoms with van der Waals surface area (Å²) in [5.41, 5.74) is 3.56. The number of nitrogens with zero attached hydrogens (tertiary/aromatic N) is 4. The molecule has 3 heterocycles. The first-order valence-corrected chi connectivity index (χ1v) is 10.8. The van der Waals surface area contributed by atoms with Crippen molar-refractivity contribution < 1.29 is 9.47 Å². The maximum Gasteiger partial charge on any atom is 0.139 e. The van der Waals surface area contributed by atoms with Crippen molar-refractivity contribution in [2.75, 3.05) is 56.3 Å². The lowest BCUT2D eigenvalue weighted by molar-refractivity contribution is 0.122. The lowest BCUT2D eigenvalue weighted by Gasteiger charge is -2.34. The van der Waals surface area contributed by atoms with Crippen molar-refractivity contribution >= 4 is 22.4 Å². The first-order valence-electron chi connectivity index (χ1n) is 10.8. The number of hydrogen-bond donors (Lipinski definition) is 0. The van der Waals surface area contributed by atoms with Crippen molar-refractivity contribution in [2.45, 2.75) is 18.8 Å². The van der Waals surface area contributed by atoms with Crippen LogP contribution in [0.2, 0.25) is 0 Å². The van der Waals surface area contributed by atoms with Gasteiger partial charge in [0, 0.05) is 43.2 Å². The van der Waals surface area contributed by atoms with E-state index in [1.54, 1.807) is 13.4 Å². The average Bonchev–Trinajstić information content (AvgIpc) is 2.84. The molecule has 2 fully saturated rings. The molecule has 0 radical (unpaired) electrons. The van der Waals surface area contributed by atoms with Gasteiger partial charge in [-0.2, -0.15) is 0 Å². The smallest absolute Gasteiger partial charge is 0.139 e. The number of methoxy groups -OCH3 is 1. The third-order valence-corrected chi connectivity index (χ3v) is 6.26. The quantitative estimate of drug-likeness (QED) is 0.658. The lowest BCUT2D eigenvalue weighted by atomic mass is 9.90. The molecule has 0 amide bonds. The summed E-state index contributed by atoms with van der Waals surface area (Å²) < 4.78 is 10.9. The van der Waals surface area contributed by atoms with Gasteiger partial charge in [0.1, 0.15) is 17.9 Å². The fraction of sp³-hybridized carbons (Fsp3) is 0.417. The molecular formula is C24H28N4O2. The van der Waals surface area contributed by atoms with Crippen LogP contribution in [0.25, 0.3) is 10.9 Å². The minimum Gasteiger partial charge on any atom is -0.497 e. The normalized spacial score (nSPS) is 19.8. The number of benzene rings is 2. The first kappa shape index (κ1) is 19.1. The number of ether oxygens (including phenoxy) is 2. The Hall–Kier alpha value is -2.86. The van der Waals surface area contributed by atoms with E-state index in [4.69, 9.17) is 14.5 Å². The molecule has 1 unspecified atom stereocenters. The lowest BCUT2D eigenvalue weighted by Crippen LogP contribution is -2.36. The van der Waals surface area contributed by atoms with E-state index < -0.39 is 0 Å². The highest BCUT2D eigenvalue weighted by molar-refractivity contribution is 5.91. The standard InChI is InChI=1S/C24H28N4O2/c1-29-21-6-2-4-18(14-21)19-5-3-9-28(16-19)24-22-8-7-20(15-23(22)25-17-26-24)27-10-12-30-13-11-27/h2,4,6-8,14-15,17,19H,3,5,9-13,16H2,1H3. The molecule has 2 saturated heterocycles. The summed E-state index contributed by atoms with van der Waals surface area (Å²) in [7, 11) is 1.73. The van der Waals surface area contributed by atoms with Crippen LogP contribution in [0.1, 0.15) is 24.3 Å². The molecule has 1 aromatic heterocycles. The molecule has 0 saturated carbocycles. The minimum absolute atomic E-state index is 0.478. The Labute approximate surface area is 177 Å². The molecule has 2 aromatic carbocycles. The van der Waals surface area contributed by atoms with E-state index >= 15 is 0 Å². The summed E-state index contributed by atoms with van der Waals surface area (Å²) in [5, 5.41) is 1.13. The van der Waals surface area contributed by atoms with E-state index in [-0.39, 0.29) is 0 Å². The second-order valence-corrected chi connectivity index (χ2v) is 8.06. The van der Waals surface area contributed by atoms with Gasteiger partial charge in [-0.1, -0.05) is 12.1 Å². The summed E-state index contributed by atoms with van der Waals surface area (Å²) in [5.74, 6) is 2.44. The molecule has 156 valence electrons. The molecule has 2 aliphatic heterocycles. The average molecular weight is 405 g/mol. The van der Waals surface area contributed by atoms with Crippen molar-refractivity contribution in [3.05, 3.63) is 54.4 Å². The molecule has 0 N–H and O–H groups in total.